The van der Waals surface area contributed by atoms with Gasteiger partial charge in [-0.3, -0.25) is 0 Å². The van der Waals surface area contributed by atoms with E-state index in [0.29, 0.717) is 0 Å². The summed E-state index contributed by atoms with van der Waals surface area (Å²) in [4.78, 5) is 2.49. The summed E-state index contributed by atoms with van der Waals surface area (Å²) < 4.78 is 5.31. The number of benzene rings is 7. The van der Waals surface area contributed by atoms with Crippen molar-refractivity contribution in [3.63, 3.8) is 0 Å². The zero-order chi connectivity index (χ0) is 30.6. The Hall–Kier alpha value is -4.96. The van der Waals surface area contributed by atoms with Gasteiger partial charge in [0.25, 0.3) is 0 Å². The van der Waals surface area contributed by atoms with Gasteiger partial charge in [0.2, 0.25) is 0 Å². The first-order valence-corrected chi connectivity index (χ1v) is 17.5. The van der Waals surface area contributed by atoms with E-state index >= 15 is 0 Å². The van der Waals surface area contributed by atoms with Gasteiger partial charge in [-0.2, -0.15) is 0 Å². The number of fused-ring (bicyclic) bond motifs is 11. The number of hydrogen-bond donors (Lipinski definition) is 0. The van der Waals surface area contributed by atoms with E-state index < -0.39 is 0 Å². The molecule has 1 aliphatic rings. The molecule has 7 aromatic carbocycles. The molecule has 1 nitrogen and oxygen atoms in total. The molecule has 0 fully saturated rings. The van der Waals surface area contributed by atoms with Gasteiger partial charge in [-0.05, 0) is 76.2 Å². The minimum atomic E-state index is -0.0314. The van der Waals surface area contributed by atoms with Gasteiger partial charge in [0.1, 0.15) is 0 Å². The average molecular weight is 624 g/mol. The van der Waals surface area contributed by atoms with E-state index in [2.05, 4.69) is 158 Å². The van der Waals surface area contributed by atoms with Crippen LogP contribution in [0.1, 0.15) is 25.0 Å². The SMILES string of the molecule is CC1(C)c2ccccc2-c2cc(N(c3ccc4c(c3)sc3ccccc34)c3cccc4c3ccc3sc5ccccc5c34)ccc21. The molecule has 0 spiro atoms. The van der Waals surface area contributed by atoms with Crippen LogP contribution in [-0.2, 0) is 5.41 Å². The number of anilines is 3. The van der Waals surface area contributed by atoms with Gasteiger partial charge >= 0.3 is 0 Å². The third kappa shape index (κ3) is 3.61. The van der Waals surface area contributed by atoms with E-state index in [1.807, 2.05) is 22.7 Å². The maximum atomic E-state index is 2.49. The second-order valence-electron chi connectivity index (χ2n) is 12.9. The molecule has 1 aliphatic carbocycles. The summed E-state index contributed by atoms with van der Waals surface area (Å²) in [7, 11) is 0. The molecule has 9 aromatic rings. The van der Waals surface area contributed by atoms with Crippen LogP contribution in [0, 0.1) is 0 Å². The molecule has 3 heteroatoms. The second kappa shape index (κ2) is 9.53. The van der Waals surface area contributed by atoms with Gasteiger partial charge in [-0.1, -0.05) is 105 Å². The van der Waals surface area contributed by atoms with Gasteiger partial charge in [-0.15, -0.1) is 22.7 Å². The third-order valence-corrected chi connectivity index (χ3v) is 12.3. The standard InChI is InChI=1S/C43H29NS2/c1-43(2)35-14-6-3-10-28(35)34-24-26(19-22-36(34)43)44(27-18-20-31-30-11-4-7-16-38(30)46-41(31)25-27)37-15-9-13-32-29(37)21-23-40-42(32)33-12-5-8-17-39(33)45-40/h3-25H,1-2H3. The summed E-state index contributed by atoms with van der Waals surface area (Å²) in [6.45, 7) is 4.71. The zero-order valence-corrected chi connectivity index (χ0v) is 27.2. The van der Waals surface area contributed by atoms with E-state index in [-0.39, 0.29) is 5.41 Å². The number of thiophene rings is 2. The molecule has 2 heterocycles. The summed E-state index contributed by atoms with van der Waals surface area (Å²) in [5.41, 5.74) is 8.98. The maximum Gasteiger partial charge on any atom is 0.0540 e. The number of hydrogen-bond acceptors (Lipinski definition) is 3. The zero-order valence-electron chi connectivity index (χ0n) is 25.5. The minimum absolute atomic E-state index is 0.0314. The Balaban J connectivity index is 1.26. The third-order valence-electron chi connectivity index (χ3n) is 10.1. The van der Waals surface area contributed by atoms with E-state index in [1.54, 1.807) is 0 Å². The van der Waals surface area contributed by atoms with E-state index in [4.69, 9.17) is 0 Å². The largest absolute Gasteiger partial charge is 0.310 e. The predicted molar refractivity (Wildman–Crippen MR) is 202 cm³/mol. The Morgan fingerprint density at radius 3 is 1.96 bits per heavy atom. The average Bonchev–Trinajstić information content (AvgIpc) is 3.73. The molecule has 0 unspecified atom stereocenters. The van der Waals surface area contributed by atoms with E-state index in [0.717, 1.165) is 0 Å². The molecule has 0 saturated heterocycles. The highest BCUT2D eigenvalue weighted by molar-refractivity contribution is 7.26. The number of rotatable bonds is 3. The van der Waals surface area contributed by atoms with Crippen molar-refractivity contribution in [1.29, 1.82) is 0 Å². The van der Waals surface area contributed by atoms with Gasteiger partial charge in [0.05, 0.1) is 5.69 Å². The van der Waals surface area contributed by atoms with Gasteiger partial charge in [0, 0.05) is 62.5 Å². The first-order chi connectivity index (χ1) is 22.6. The van der Waals surface area contributed by atoms with Crippen molar-refractivity contribution >= 4 is 90.9 Å². The summed E-state index contributed by atoms with van der Waals surface area (Å²) in [6, 6.07) is 52.1. The van der Waals surface area contributed by atoms with Crippen LogP contribution in [0.3, 0.4) is 0 Å². The lowest BCUT2D eigenvalue weighted by atomic mass is 9.82. The molecule has 46 heavy (non-hydrogen) atoms. The van der Waals surface area contributed by atoms with Crippen molar-refractivity contribution in [2.45, 2.75) is 19.3 Å². The molecule has 0 amide bonds. The Kier molecular flexibility index (Phi) is 5.44. The van der Waals surface area contributed by atoms with Crippen molar-refractivity contribution in [3.8, 4) is 11.1 Å². The van der Waals surface area contributed by atoms with Crippen LogP contribution >= 0.6 is 22.7 Å². The van der Waals surface area contributed by atoms with Crippen molar-refractivity contribution in [1.82, 2.24) is 0 Å². The Morgan fingerprint density at radius 1 is 0.435 bits per heavy atom. The first-order valence-electron chi connectivity index (χ1n) is 15.9. The summed E-state index contributed by atoms with van der Waals surface area (Å²) in [5.74, 6) is 0. The molecule has 0 bridgehead atoms. The van der Waals surface area contributed by atoms with Crippen LogP contribution in [0.25, 0.3) is 62.2 Å². The first kappa shape index (κ1) is 26.3. The maximum absolute atomic E-state index is 2.49. The monoisotopic (exact) mass is 623 g/mol. The Bertz CT molecular complexity index is 2690. The van der Waals surface area contributed by atoms with E-state index in [9.17, 15) is 0 Å². The molecular weight excluding hydrogens is 595 g/mol. The molecule has 0 N–H and O–H groups in total. The normalized spacial score (nSPS) is 13.6. The lowest BCUT2D eigenvalue weighted by molar-refractivity contribution is 0.660. The van der Waals surface area contributed by atoms with Crippen LogP contribution in [-0.4, -0.2) is 0 Å². The fraction of sp³-hybridized carbons (Fsp3) is 0.0698. The molecule has 0 radical (unpaired) electrons. The highest BCUT2D eigenvalue weighted by Crippen LogP contribution is 2.52. The fourth-order valence-electron chi connectivity index (χ4n) is 7.89. The van der Waals surface area contributed by atoms with Gasteiger partial charge in [0.15, 0.2) is 0 Å². The summed E-state index contributed by atoms with van der Waals surface area (Å²) in [5, 5.41) is 7.89. The molecule has 10 rings (SSSR count). The van der Waals surface area contributed by atoms with Crippen molar-refractivity contribution in [2.24, 2.45) is 0 Å². The Labute approximate surface area is 275 Å². The van der Waals surface area contributed by atoms with Gasteiger partial charge in [-0.25, -0.2) is 0 Å². The smallest absolute Gasteiger partial charge is 0.0540 e. The second-order valence-corrected chi connectivity index (χ2v) is 15.1. The van der Waals surface area contributed by atoms with Crippen molar-refractivity contribution < 1.29 is 0 Å². The van der Waals surface area contributed by atoms with Crippen LogP contribution in [0.2, 0.25) is 0 Å². The van der Waals surface area contributed by atoms with Crippen LogP contribution in [0.4, 0.5) is 17.1 Å². The molecule has 218 valence electrons. The minimum Gasteiger partial charge on any atom is -0.310 e. The van der Waals surface area contributed by atoms with E-state index in [1.165, 1.54) is 90.4 Å². The lowest BCUT2D eigenvalue weighted by Gasteiger charge is -2.28. The van der Waals surface area contributed by atoms with Gasteiger partial charge < -0.3 is 4.90 Å². The highest BCUT2D eigenvalue weighted by Gasteiger charge is 2.35. The fourth-order valence-corrected chi connectivity index (χ4v) is 10.1. The van der Waals surface area contributed by atoms with Crippen molar-refractivity contribution in [2.75, 3.05) is 4.90 Å². The predicted octanol–water partition coefficient (Wildman–Crippen LogP) is 13.4. The topological polar surface area (TPSA) is 3.24 Å². The van der Waals surface area contributed by atoms with Crippen LogP contribution < -0.4 is 4.90 Å². The van der Waals surface area contributed by atoms with Crippen LogP contribution in [0.5, 0.6) is 0 Å². The molecular formula is C43H29NS2. The summed E-state index contributed by atoms with van der Waals surface area (Å²) >= 11 is 3.76. The molecule has 0 atom stereocenters. The Morgan fingerprint density at radius 2 is 1.07 bits per heavy atom. The summed E-state index contributed by atoms with van der Waals surface area (Å²) in [6.07, 6.45) is 0. The lowest BCUT2D eigenvalue weighted by Crippen LogP contribution is -2.15. The molecule has 2 aromatic heterocycles. The molecule has 0 aliphatic heterocycles. The van der Waals surface area contributed by atoms with Crippen LogP contribution in [0.15, 0.2) is 140 Å². The highest BCUT2D eigenvalue weighted by atomic mass is 32.1. The van der Waals surface area contributed by atoms with Crippen molar-refractivity contribution in [3.05, 3.63) is 151 Å². The quantitative estimate of drug-likeness (QED) is 0.189. The number of nitrogens with zero attached hydrogens (tertiary/aromatic N) is 1. The molecule has 0 saturated carbocycles.